The van der Waals surface area contributed by atoms with Gasteiger partial charge in [0.05, 0.1) is 5.41 Å². The topological polar surface area (TPSA) is 63.6 Å². The van der Waals surface area contributed by atoms with E-state index < -0.39 is 35.3 Å². The molecule has 7 heteroatoms. The lowest BCUT2D eigenvalue weighted by atomic mass is 9.49. The van der Waals surface area contributed by atoms with Crippen molar-refractivity contribution in [2.75, 3.05) is 0 Å². The van der Waals surface area contributed by atoms with E-state index in [1.807, 2.05) is 11.3 Å². The van der Waals surface area contributed by atoms with Gasteiger partial charge in [0, 0.05) is 20.2 Å². The molecule has 4 aliphatic rings. The first-order valence-corrected chi connectivity index (χ1v) is 15.7. The van der Waals surface area contributed by atoms with E-state index in [9.17, 15) is 18.4 Å². The third-order valence-electron chi connectivity index (χ3n) is 9.44. The van der Waals surface area contributed by atoms with Crippen molar-refractivity contribution in [2.24, 2.45) is 29.1 Å². The Bertz CT molecular complexity index is 1570. The van der Waals surface area contributed by atoms with Crippen molar-refractivity contribution in [3.63, 3.8) is 0 Å². The van der Waals surface area contributed by atoms with E-state index in [-0.39, 0.29) is 0 Å². The summed E-state index contributed by atoms with van der Waals surface area (Å²) in [4.78, 5) is 23.6. The Labute approximate surface area is 248 Å². The Morgan fingerprint density at radius 1 is 0.857 bits per heavy atom. The quantitative estimate of drug-likeness (QED) is 0.227. The average molecular weight is 591 g/mol. The van der Waals surface area contributed by atoms with Crippen molar-refractivity contribution in [1.82, 2.24) is 0 Å². The van der Waals surface area contributed by atoms with Crippen molar-refractivity contribution in [3.05, 3.63) is 72.8 Å². The van der Waals surface area contributed by atoms with Crippen molar-refractivity contribution >= 4 is 43.4 Å². The molecular weight excluding hydrogens is 554 g/mol. The van der Waals surface area contributed by atoms with Crippen LogP contribution in [0.5, 0.6) is 0 Å². The predicted octanol–water partition coefficient (Wildman–Crippen LogP) is 9.21. The molecule has 1 aromatic heterocycles. The molecule has 4 bridgehead atoms. The van der Waals surface area contributed by atoms with Crippen LogP contribution in [0.4, 0.5) is 8.78 Å². The molecule has 42 heavy (non-hydrogen) atoms. The first-order chi connectivity index (χ1) is 20.1. The maximum atomic E-state index is 13.9. The minimum absolute atomic E-state index is 0.492. The first kappa shape index (κ1) is 28.8. The lowest BCUT2D eigenvalue weighted by molar-refractivity contribution is -0.211. The summed E-state index contributed by atoms with van der Waals surface area (Å²) in [6.07, 6.45) is 3.60. The fourth-order valence-electron chi connectivity index (χ4n) is 7.98. The summed E-state index contributed by atoms with van der Waals surface area (Å²) >= 11 is 1.87. The van der Waals surface area contributed by atoms with Crippen LogP contribution in [-0.2, 0) is 14.3 Å². The summed E-state index contributed by atoms with van der Waals surface area (Å²) in [5.74, 6) is -6.19. The van der Waals surface area contributed by atoms with Crippen LogP contribution in [0.3, 0.4) is 0 Å². The predicted molar refractivity (Wildman–Crippen MR) is 163 cm³/mol. The highest BCUT2D eigenvalue weighted by Gasteiger charge is 2.58. The second-order valence-electron chi connectivity index (χ2n) is 12.8. The number of hydrogen-bond acceptors (Lipinski definition) is 4. The second-order valence-corrected chi connectivity index (χ2v) is 13.9. The number of esters is 1. The number of carboxylic acid groups (broad SMARTS) is 1. The van der Waals surface area contributed by atoms with Gasteiger partial charge in [-0.05, 0) is 85.5 Å². The molecule has 4 saturated carbocycles. The van der Waals surface area contributed by atoms with Crippen LogP contribution in [0.2, 0.25) is 0 Å². The molecule has 0 spiro atoms. The number of halogens is 2. The molecule has 220 valence electrons. The van der Waals surface area contributed by atoms with Gasteiger partial charge < -0.3 is 9.84 Å². The van der Waals surface area contributed by atoms with E-state index in [0.717, 1.165) is 19.3 Å². The van der Waals surface area contributed by atoms with Crippen LogP contribution in [0, 0.1) is 29.1 Å². The number of carboxylic acids is 1. The van der Waals surface area contributed by atoms with E-state index in [4.69, 9.17) is 9.84 Å². The lowest BCUT2D eigenvalue weighted by Crippen LogP contribution is -2.54. The minimum atomic E-state index is -4.06. The highest BCUT2D eigenvalue weighted by molar-refractivity contribution is 7.25. The summed E-state index contributed by atoms with van der Waals surface area (Å²) in [6.45, 7) is 2.91. The summed E-state index contributed by atoms with van der Waals surface area (Å²) < 4.78 is 35.7. The molecule has 1 unspecified atom stereocenters. The van der Waals surface area contributed by atoms with Gasteiger partial charge in [0.2, 0.25) is 0 Å². The molecule has 8 rings (SSSR count). The van der Waals surface area contributed by atoms with Gasteiger partial charge in [0.15, 0.2) is 6.10 Å². The van der Waals surface area contributed by atoms with Gasteiger partial charge in [-0.1, -0.05) is 74.5 Å². The Kier molecular flexibility index (Phi) is 7.58. The van der Waals surface area contributed by atoms with Gasteiger partial charge in [-0.25, -0.2) is 4.79 Å². The molecule has 1 N–H and O–H groups in total. The van der Waals surface area contributed by atoms with Crippen molar-refractivity contribution < 1.29 is 28.2 Å². The second kappa shape index (κ2) is 11.1. The van der Waals surface area contributed by atoms with Crippen LogP contribution in [0.1, 0.15) is 52.4 Å². The van der Waals surface area contributed by atoms with Gasteiger partial charge in [0.25, 0.3) is 0 Å². The van der Waals surface area contributed by atoms with E-state index >= 15 is 0 Å². The van der Waals surface area contributed by atoms with Crippen molar-refractivity contribution in [3.8, 4) is 11.1 Å². The smallest absolute Gasteiger partial charge is 0.378 e. The molecule has 0 saturated heterocycles. The van der Waals surface area contributed by atoms with Gasteiger partial charge in [-0.15, -0.1) is 11.3 Å². The van der Waals surface area contributed by atoms with E-state index in [1.54, 1.807) is 0 Å². The largest absolute Gasteiger partial charge is 0.477 e. The molecule has 4 fully saturated rings. The molecule has 4 aromatic rings. The average Bonchev–Trinajstić information content (AvgIpc) is 3.34. The highest BCUT2D eigenvalue weighted by atomic mass is 32.1. The van der Waals surface area contributed by atoms with Gasteiger partial charge in [-0.2, -0.15) is 8.78 Å². The number of carbonyl (C=O) groups is 2. The number of fused-ring (bicyclic) bond motifs is 3. The number of alkyl halides is 2. The summed E-state index contributed by atoms with van der Waals surface area (Å²) in [6, 6.07) is 25.9. The fourth-order valence-corrected chi connectivity index (χ4v) is 9.12. The molecule has 4 nitrogen and oxygen atoms in total. The zero-order valence-corrected chi connectivity index (χ0v) is 24.7. The SMILES string of the molecule is CC(C)C(OC(=O)C12CC3CC(CC(C3)C1)C2)C(F)(F)C(=O)O.c1ccc(-c2cccc3sc4ccccc4c23)cc1. The van der Waals surface area contributed by atoms with Crippen molar-refractivity contribution in [1.29, 1.82) is 0 Å². The summed E-state index contributed by atoms with van der Waals surface area (Å²) in [5.41, 5.74) is 1.96. The van der Waals surface area contributed by atoms with Gasteiger partial charge in [0.1, 0.15) is 0 Å². The standard InChI is InChI=1S/C18H12S.C17H24F2O4/c1-2-7-13(8-3-1)14-10-6-12-17-18(14)15-9-4-5-11-16(15)19-17;1-9(2)13(17(18,19)14(20)21)23-15(22)16-6-10-3-11(7-16)5-12(4-10)8-16/h1-12H;9-13H,3-8H2,1-2H3,(H,20,21). The van der Waals surface area contributed by atoms with Crippen LogP contribution < -0.4 is 0 Å². The van der Waals surface area contributed by atoms with Crippen LogP contribution in [0.15, 0.2) is 72.8 Å². The number of thiophene rings is 1. The zero-order valence-electron chi connectivity index (χ0n) is 23.9. The molecule has 1 heterocycles. The third-order valence-corrected chi connectivity index (χ3v) is 10.6. The number of hydrogen-bond donors (Lipinski definition) is 1. The number of ether oxygens (including phenoxy) is 1. The highest BCUT2D eigenvalue weighted by Crippen LogP contribution is 2.60. The zero-order chi connectivity index (χ0) is 29.6. The number of aliphatic carboxylic acids is 1. The Morgan fingerprint density at radius 3 is 2.02 bits per heavy atom. The van der Waals surface area contributed by atoms with E-state index in [2.05, 4.69) is 72.8 Å². The summed E-state index contributed by atoms with van der Waals surface area (Å²) in [5, 5.41) is 11.5. The number of carbonyl (C=O) groups excluding carboxylic acids is 1. The fraction of sp³-hybridized carbons (Fsp3) is 0.429. The van der Waals surface area contributed by atoms with E-state index in [0.29, 0.717) is 37.0 Å². The monoisotopic (exact) mass is 590 g/mol. The third kappa shape index (κ3) is 5.21. The molecule has 3 aromatic carbocycles. The summed E-state index contributed by atoms with van der Waals surface area (Å²) in [7, 11) is 0. The molecule has 0 amide bonds. The first-order valence-electron chi connectivity index (χ1n) is 14.9. The Hall–Kier alpha value is -3.32. The molecule has 0 radical (unpaired) electrons. The normalized spacial score (nSPS) is 25.3. The molecular formula is C35H36F2O4S. The molecule has 4 aliphatic carbocycles. The van der Waals surface area contributed by atoms with Crippen molar-refractivity contribution in [2.45, 2.75) is 64.4 Å². The maximum Gasteiger partial charge on any atom is 0.378 e. The Morgan fingerprint density at radius 2 is 1.43 bits per heavy atom. The Balaban J connectivity index is 0.000000153. The van der Waals surface area contributed by atoms with Crippen LogP contribution in [-0.4, -0.2) is 29.1 Å². The lowest BCUT2D eigenvalue weighted by Gasteiger charge is -2.55. The molecule has 1 atom stereocenters. The van der Waals surface area contributed by atoms with Crippen LogP contribution >= 0.6 is 11.3 Å². The van der Waals surface area contributed by atoms with E-state index in [1.165, 1.54) is 45.1 Å². The van der Waals surface area contributed by atoms with Gasteiger partial charge >= 0.3 is 17.9 Å². The minimum Gasteiger partial charge on any atom is -0.477 e. The number of benzene rings is 3. The van der Waals surface area contributed by atoms with Gasteiger partial charge in [-0.3, -0.25) is 4.79 Å². The molecule has 0 aliphatic heterocycles. The number of rotatable bonds is 6. The maximum absolute atomic E-state index is 13.9. The van der Waals surface area contributed by atoms with Crippen LogP contribution in [0.25, 0.3) is 31.3 Å².